The van der Waals surface area contributed by atoms with Crippen LogP contribution in [-0.4, -0.2) is 30.3 Å². The van der Waals surface area contributed by atoms with Crippen molar-refractivity contribution in [3.63, 3.8) is 0 Å². The molecule has 0 aliphatic heterocycles. The van der Waals surface area contributed by atoms with Gasteiger partial charge < -0.3 is 20.9 Å². The number of carbonyl (C=O) groups excluding carboxylic acids is 1. The van der Waals surface area contributed by atoms with Crippen molar-refractivity contribution in [1.82, 2.24) is 0 Å². The van der Waals surface area contributed by atoms with Crippen LogP contribution in [0.4, 0.5) is 5.69 Å². The van der Waals surface area contributed by atoms with Gasteiger partial charge in [0.25, 0.3) is 0 Å². The lowest BCUT2D eigenvalue weighted by Gasteiger charge is -2.12. The maximum absolute atomic E-state index is 11.2. The number of nitrogens with one attached hydrogen (secondary N) is 1. The van der Waals surface area contributed by atoms with Crippen molar-refractivity contribution in [2.45, 2.75) is 19.4 Å². The molecular formula is C12H17BrN2O3. The normalized spacial score (nSPS) is 12.0. The predicted octanol–water partition coefficient (Wildman–Crippen LogP) is 1.50. The Morgan fingerprint density at radius 1 is 1.61 bits per heavy atom. The second-order valence-corrected chi connectivity index (χ2v) is 4.60. The molecule has 1 atom stereocenters. The van der Waals surface area contributed by atoms with Crippen molar-refractivity contribution in [3.05, 3.63) is 22.7 Å². The van der Waals surface area contributed by atoms with Crippen LogP contribution in [0.2, 0.25) is 0 Å². The Morgan fingerprint density at radius 2 is 2.33 bits per heavy atom. The van der Waals surface area contributed by atoms with Crippen LogP contribution in [0.3, 0.4) is 0 Å². The molecule has 4 N–H and O–H groups in total. The summed E-state index contributed by atoms with van der Waals surface area (Å²) in [6.07, 6.45) is -0.255. The largest absolute Gasteiger partial charge is 0.490 e. The molecule has 5 nitrogen and oxygen atoms in total. The van der Waals surface area contributed by atoms with E-state index in [9.17, 15) is 9.90 Å². The number of hydrogen-bond acceptors (Lipinski definition) is 4. The molecule has 0 heterocycles. The van der Waals surface area contributed by atoms with Gasteiger partial charge in [0.15, 0.2) is 0 Å². The van der Waals surface area contributed by atoms with E-state index in [0.717, 1.165) is 0 Å². The number of aliphatic hydroxyl groups excluding tert-OH is 1. The second-order valence-electron chi connectivity index (χ2n) is 3.75. The fourth-order valence-electron chi connectivity index (χ4n) is 1.20. The van der Waals surface area contributed by atoms with Crippen LogP contribution in [0.25, 0.3) is 0 Å². The van der Waals surface area contributed by atoms with E-state index in [1.807, 2.05) is 0 Å². The van der Waals surface area contributed by atoms with E-state index in [4.69, 9.17) is 10.5 Å². The third-order valence-electron chi connectivity index (χ3n) is 2.24. The average molecular weight is 317 g/mol. The van der Waals surface area contributed by atoms with Crippen LogP contribution in [0.1, 0.15) is 13.3 Å². The van der Waals surface area contributed by atoms with Gasteiger partial charge in [-0.15, -0.1) is 0 Å². The number of rotatable bonds is 6. The molecule has 0 fully saturated rings. The summed E-state index contributed by atoms with van der Waals surface area (Å²) in [5.41, 5.74) is 5.97. The Hall–Kier alpha value is -1.11. The second kappa shape index (κ2) is 7.35. The first-order valence-electron chi connectivity index (χ1n) is 5.67. The molecule has 1 amide bonds. The van der Waals surface area contributed by atoms with Crippen molar-refractivity contribution in [3.8, 4) is 5.75 Å². The number of hydrogen-bond donors (Lipinski definition) is 3. The molecule has 0 bridgehead atoms. The molecule has 0 aliphatic carbocycles. The summed E-state index contributed by atoms with van der Waals surface area (Å²) in [5, 5.41) is 12.0. The Bertz CT molecular complexity index is 412. The summed E-state index contributed by atoms with van der Waals surface area (Å²) in [6.45, 7) is 2.08. The van der Waals surface area contributed by atoms with Gasteiger partial charge in [-0.25, -0.2) is 0 Å². The van der Waals surface area contributed by atoms with Gasteiger partial charge in [0.05, 0.1) is 4.47 Å². The zero-order chi connectivity index (χ0) is 13.5. The van der Waals surface area contributed by atoms with Gasteiger partial charge in [0.1, 0.15) is 18.5 Å². The minimum atomic E-state index is -0.684. The molecule has 0 saturated carbocycles. The fraction of sp³-hybridized carbons (Fsp3) is 0.417. The molecular weight excluding hydrogens is 300 g/mol. The SMILES string of the molecule is CCC(=O)Nc1ccc(OCC(O)CN)c(Br)c1. The smallest absolute Gasteiger partial charge is 0.224 e. The lowest BCUT2D eigenvalue weighted by molar-refractivity contribution is -0.115. The monoisotopic (exact) mass is 316 g/mol. The number of anilines is 1. The molecule has 0 aromatic heterocycles. The van der Waals surface area contributed by atoms with Crippen LogP contribution in [-0.2, 0) is 4.79 Å². The highest BCUT2D eigenvalue weighted by atomic mass is 79.9. The summed E-state index contributed by atoms with van der Waals surface area (Å²) in [4.78, 5) is 11.2. The first kappa shape index (κ1) is 14.9. The number of halogens is 1. The lowest BCUT2D eigenvalue weighted by atomic mass is 10.3. The van der Waals surface area contributed by atoms with E-state index in [0.29, 0.717) is 22.3 Å². The Morgan fingerprint density at radius 3 is 2.89 bits per heavy atom. The third kappa shape index (κ3) is 4.64. The van der Waals surface area contributed by atoms with E-state index < -0.39 is 6.10 Å². The number of benzene rings is 1. The summed E-state index contributed by atoms with van der Waals surface area (Å²) in [5.74, 6) is 0.547. The van der Waals surface area contributed by atoms with E-state index in [1.54, 1.807) is 25.1 Å². The third-order valence-corrected chi connectivity index (χ3v) is 2.86. The molecule has 18 heavy (non-hydrogen) atoms. The topological polar surface area (TPSA) is 84.6 Å². The van der Waals surface area contributed by atoms with Gasteiger partial charge in [-0.05, 0) is 34.1 Å². The summed E-state index contributed by atoms with van der Waals surface area (Å²) in [6, 6.07) is 5.21. The molecule has 1 unspecified atom stereocenters. The summed E-state index contributed by atoms with van der Waals surface area (Å²) >= 11 is 3.34. The molecule has 0 spiro atoms. The molecule has 0 saturated heterocycles. The van der Waals surface area contributed by atoms with Gasteiger partial charge in [-0.3, -0.25) is 4.79 Å². The average Bonchev–Trinajstić information content (AvgIpc) is 2.37. The van der Waals surface area contributed by atoms with Crippen molar-refractivity contribution >= 4 is 27.5 Å². The van der Waals surface area contributed by atoms with Crippen molar-refractivity contribution in [1.29, 1.82) is 0 Å². The first-order chi connectivity index (χ1) is 8.56. The van der Waals surface area contributed by atoms with Crippen LogP contribution < -0.4 is 15.8 Å². The summed E-state index contributed by atoms with van der Waals surface area (Å²) in [7, 11) is 0. The Kier molecular flexibility index (Phi) is 6.11. The number of amides is 1. The first-order valence-corrected chi connectivity index (χ1v) is 6.46. The van der Waals surface area contributed by atoms with E-state index in [1.165, 1.54) is 0 Å². The minimum Gasteiger partial charge on any atom is -0.490 e. The molecule has 1 aromatic carbocycles. The van der Waals surface area contributed by atoms with E-state index in [2.05, 4.69) is 21.2 Å². The van der Waals surface area contributed by atoms with Gasteiger partial charge in [-0.2, -0.15) is 0 Å². The van der Waals surface area contributed by atoms with Crippen LogP contribution >= 0.6 is 15.9 Å². The zero-order valence-electron chi connectivity index (χ0n) is 10.1. The maximum atomic E-state index is 11.2. The van der Waals surface area contributed by atoms with E-state index >= 15 is 0 Å². The molecule has 6 heteroatoms. The quantitative estimate of drug-likeness (QED) is 0.742. The maximum Gasteiger partial charge on any atom is 0.224 e. The predicted molar refractivity (Wildman–Crippen MR) is 73.6 cm³/mol. The summed E-state index contributed by atoms with van der Waals surface area (Å²) < 4.78 is 6.10. The highest BCUT2D eigenvalue weighted by Gasteiger charge is 2.07. The van der Waals surface area contributed by atoms with Gasteiger partial charge >= 0.3 is 0 Å². The van der Waals surface area contributed by atoms with Crippen LogP contribution in [0, 0.1) is 0 Å². The molecule has 1 rings (SSSR count). The highest BCUT2D eigenvalue weighted by Crippen LogP contribution is 2.28. The number of carbonyl (C=O) groups is 1. The van der Waals surface area contributed by atoms with Gasteiger partial charge in [0.2, 0.25) is 5.91 Å². The van der Waals surface area contributed by atoms with Crippen LogP contribution in [0.15, 0.2) is 22.7 Å². The van der Waals surface area contributed by atoms with Crippen LogP contribution in [0.5, 0.6) is 5.75 Å². The molecule has 0 radical (unpaired) electrons. The van der Waals surface area contributed by atoms with Gasteiger partial charge in [0, 0.05) is 18.7 Å². The Balaban J connectivity index is 2.64. The van der Waals surface area contributed by atoms with Crippen molar-refractivity contribution in [2.24, 2.45) is 5.73 Å². The number of nitrogens with two attached hydrogens (primary N) is 1. The minimum absolute atomic E-state index is 0.0471. The van der Waals surface area contributed by atoms with Crippen molar-refractivity contribution in [2.75, 3.05) is 18.5 Å². The van der Waals surface area contributed by atoms with E-state index in [-0.39, 0.29) is 19.1 Å². The number of ether oxygens (including phenoxy) is 1. The molecule has 1 aromatic rings. The van der Waals surface area contributed by atoms with Crippen molar-refractivity contribution < 1.29 is 14.6 Å². The highest BCUT2D eigenvalue weighted by molar-refractivity contribution is 9.10. The standard InChI is InChI=1S/C12H17BrN2O3/c1-2-12(17)15-8-3-4-11(10(13)5-8)18-7-9(16)6-14/h3-5,9,16H,2,6-7,14H2,1H3,(H,15,17). The Labute approximate surface area is 114 Å². The fourth-order valence-corrected chi connectivity index (χ4v) is 1.69. The molecule has 0 aliphatic rings. The van der Waals surface area contributed by atoms with Gasteiger partial charge in [-0.1, -0.05) is 6.92 Å². The zero-order valence-corrected chi connectivity index (χ0v) is 11.7. The lowest BCUT2D eigenvalue weighted by Crippen LogP contribution is -2.26. The number of aliphatic hydroxyl groups is 1. The molecule has 100 valence electrons.